The molecule has 1 unspecified atom stereocenters. The number of hydrogen-bond acceptors (Lipinski definition) is 2. The molecule has 1 N–H and O–H groups in total. The predicted molar refractivity (Wildman–Crippen MR) is 72.0 cm³/mol. The summed E-state index contributed by atoms with van der Waals surface area (Å²) in [5, 5.41) is 3.33. The van der Waals surface area contributed by atoms with Crippen LogP contribution < -0.4 is 10.1 Å². The Morgan fingerprint density at radius 3 is 2.94 bits per heavy atom. The maximum Gasteiger partial charge on any atom is 0.165 e. The van der Waals surface area contributed by atoms with E-state index in [4.69, 9.17) is 4.74 Å². The zero-order valence-corrected chi connectivity index (χ0v) is 11.9. The summed E-state index contributed by atoms with van der Waals surface area (Å²) in [7, 11) is 0. The molecule has 0 aliphatic heterocycles. The van der Waals surface area contributed by atoms with Crippen molar-refractivity contribution >= 4 is 15.9 Å². The average Bonchev–Trinajstić information content (AvgIpc) is 2.29. The lowest BCUT2D eigenvalue weighted by Gasteiger charge is -2.13. The van der Waals surface area contributed by atoms with Crippen LogP contribution >= 0.6 is 15.9 Å². The molecule has 96 valence electrons. The monoisotopic (exact) mass is 303 g/mol. The van der Waals surface area contributed by atoms with Gasteiger partial charge >= 0.3 is 0 Å². The van der Waals surface area contributed by atoms with Gasteiger partial charge < -0.3 is 10.1 Å². The number of nitrogens with one attached hydrogen (secondary N) is 1. The first-order valence-corrected chi connectivity index (χ1v) is 6.74. The summed E-state index contributed by atoms with van der Waals surface area (Å²) < 4.78 is 19.5. The second-order valence-corrected chi connectivity index (χ2v) is 4.98. The lowest BCUT2D eigenvalue weighted by atomic mass is 10.2. The molecule has 2 nitrogen and oxygen atoms in total. The number of halogens is 2. The highest BCUT2D eigenvalue weighted by molar-refractivity contribution is 9.10. The molecule has 0 amide bonds. The van der Waals surface area contributed by atoms with Crippen LogP contribution in [0.2, 0.25) is 0 Å². The van der Waals surface area contributed by atoms with Crippen LogP contribution in [0.25, 0.3) is 0 Å². The van der Waals surface area contributed by atoms with Crippen molar-refractivity contribution in [3.05, 3.63) is 28.5 Å². The zero-order valence-electron chi connectivity index (χ0n) is 10.3. The number of benzene rings is 1. The van der Waals surface area contributed by atoms with Crippen LogP contribution in [0.3, 0.4) is 0 Å². The molecule has 0 aromatic heterocycles. The number of ether oxygens (including phenoxy) is 1. The van der Waals surface area contributed by atoms with Gasteiger partial charge in [-0.05, 0) is 31.5 Å². The Morgan fingerprint density at radius 2 is 2.24 bits per heavy atom. The van der Waals surface area contributed by atoms with Gasteiger partial charge in [0, 0.05) is 17.1 Å². The second kappa shape index (κ2) is 7.67. The summed E-state index contributed by atoms with van der Waals surface area (Å²) in [6.07, 6.45) is 2.31. The van der Waals surface area contributed by atoms with Crippen LogP contribution in [0.4, 0.5) is 4.39 Å². The molecule has 0 bridgehead atoms. The highest BCUT2D eigenvalue weighted by atomic mass is 79.9. The van der Waals surface area contributed by atoms with Crippen LogP contribution in [0.5, 0.6) is 5.75 Å². The summed E-state index contributed by atoms with van der Waals surface area (Å²) in [5.74, 6) is -0.0286. The first-order valence-electron chi connectivity index (χ1n) is 5.94. The topological polar surface area (TPSA) is 21.3 Å². The number of rotatable bonds is 7. The zero-order chi connectivity index (χ0) is 12.7. The maximum atomic E-state index is 13.3. The molecule has 17 heavy (non-hydrogen) atoms. The minimum absolute atomic E-state index is 0.296. The van der Waals surface area contributed by atoms with Crippen molar-refractivity contribution in [2.45, 2.75) is 32.7 Å². The van der Waals surface area contributed by atoms with Gasteiger partial charge in [0.1, 0.15) is 6.61 Å². The first-order chi connectivity index (χ1) is 8.13. The quantitative estimate of drug-likeness (QED) is 0.775. The van der Waals surface area contributed by atoms with Gasteiger partial charge in [-0.3, -0.25) is 0 Å². The Hall–Kier alpha value is -0.610. The maximum absolute atomic E-state index is 13.3. The van der Waals surface area contributed by atoms with E-state index < -0.39 is 0 Å². The Bertz CT molecular complexity index is 346. The van der Waals surface area contributed by atoms with Gasteiger partial charge in [-0.15, -0.1) is 0 Å². The molecular weight excluding hydrogens is 285 g/mol. The third-order valence-corrected chi connectivity index (χ3v) is 2.96. The third-order valence-electron chi connectivity index (χ3n) is 2.47. The molecule has 1 atom stereocenters. The Morgan fingerprint density at radius 1 is 1.47 bits per heavy atom. The van der Waals surface area contributed by atoms with E-state index in [1.165, 1.54) is 6.07 Å². The van der Waals surface area contributed by atoms with Gasteiger partial charge in [-0.2, -0.15) is 0 Å². The van der Waals surface area contributed by atoms with E-state index >= 15 is 0 Å². The van der Waals surface area contributed by atoms with Crippen molar-refractivity contribution in [1.82, 2.24) is 5.32 Å². The van der Waals surface area contributed by atoms with Crippen LogP contribution in [0, 0.1) is 5.82 Å². The molecular formula is C13H19BrFNO. The van der Waals surface area contributed by atoms with E-state index in [2.05, 4.69) is 35.1 Å². The van der Waals surface area contributed by atoms with Gasteiger partial charge in [0.05, 0.1) is 0 Å². The van der Waals surface area contributed by atoms with Crippen molar-refractivity contribution < 1.29 is 9.13 Å². The van der Waals surface area contributed by atoms with Gasteiger partial charge in [-0.1, -0.05) is 29.3 Å². The van der Waals surface area contributed by atoms with E-state index in [1.807, 2.05) is 0 Å². The Kier molecular flexibility index (Phi) is 6.52. The highest BCUT2D eigenvalue weighted by Crippen LogP contribution is 2.21. The Labute approximate surface area is 111 Å². The molecule has 0 radical (unpaired) electrons. The average molecular weight is 304 g/mol. The normalized spacial score (nSPS) is 12.5. The minimum Gasteiger partial charge on any atom is -0.489 e. The summed E-state index contributed by atoms with van der Waals surface area (Å²) in [4.78, 5) is 0. The van der Waals surface area contributed by atoms with Gasteiger partial charge in [0.25, 0.3) is 0 Å². The van der Waals surface area contributed by atoms with E-state index in [-0.39, 0.29) is 5.82 Å². The molecule has 0 spiro atoms. The lowest BCUT2D eigenvalue weighted by Crippen LogP contribution is -2.30. The molecule has 0 fully saturated rings. The van der Waals surface area contributed by atoms with Crippen LogP contribution in [0.1, 0.15) is 26.7 Å². The largest absolute Gasteiger partial charge is 0.489 e. The van der Waals surface area contributed by atoms with Crippen molar-refractivity contribution in [3.8, 4) is 5.75 Å². The first kappa shape index (κ1) is 14.5. The third kappa shape index (κ3) is 5.50. The van der Waals surface area contributed by atoms with Gasteiger partial charge in [0.15, 0.2) is 11.6 Å². The molecule has 0 saturated heterocycles. The van der Waals surface area contributed by atoms with Crippen molar-refractivity contribution in [2.75, 3.05) is 13.2 Å². The van der Waals surface area contributed by atoms with Crippen molar-refractivity contribution in [2.24, 2.45) is 0 Å². The fraction of sp³-hybridized carbons (Fsp3) is 0.538. The van der Waals surface area contributed by atoms with Crippen molar-refractivity contribution in [1.29, 1.82) is 0 Å². The molecule has 1 rings (SSSR count). The van der Waals surface area contributed by atoms with Crippen LogP contribution in [0.15, 0.2) is 22.7 Å². The van der Waals surface area contributed by atoms with Gasteiger partial charge in [-0.25, -0.2) is 4.39 Å². The lowest BCUT2D eigenvalue weighted by molar-refractivity contribution is 0.291. The standard InChI is InChI=1S/C13H19BrFNO/c1-3-4-10(2)16-7-8-17-13-9-11(14)5-6-12(13)15/h5-6,9-10,16H,3-4,7-8H2,1-2H3. The molecule has 1 aromatic rings. The second-order valence-electron chi connectivity index (χ2n) is 4.07. The fourth-order valence-corrected chi connectivity index (χ4v) is 1.93. The summed E-state index contributed by atoms with van der Waals surface area (Å²) in [6.45, 7) is 5.50. The number of hydrogen-bond donors (Lipinski definition) is 1. The van der Waals surface area contributed by atoms with E-state index in [9.17, 15) is 4.39 Å². The fourth-order valence-electron chi connectivity index (χ4n) is 1.59. The Balaban J connectivity index is 2.28. The van der Waals surface area contributed by atoms with Crippen LogP contribution in [-0.4, -0.2) is 19.2 Å². The van der Waals surface area contributed by atoms with Gasteiger partial charge in [0.2, 0.25) is 0 Å². The molecule has 0 aliphatic rings. The summed E-state index contributed by atoms with van der Waals surface area (Å²) in [6, 6.07) is 5.18. The van der Waals surface area contributed by atoms with E-state index in [0.717, 1.165) is 23.9 Å². The van der Waals surface area contributed by atoms with E-state index in [0.29, 0.717) is 18.4 Å². The van der Waals surface area contributed by atoms with Crippen LogP contribution in [-0.2, 0) is 0 Å². The van der Waals surface area contributed by atoms with Crippen molar-refractivity contribution in [3.63, 3.8) is 0 Å². The molecule has 4 heteroatoms. The molecule has 1 aromatic carbocycles. The smallest absolute Gasteiger partial charge is 0.165 e. The molecule has 0 heterocycles. The molecule has 0 aliphatic carbocycles. The predicted octanol–water partition coefficient (Wildman–Crippen LogP) is 3.75. The van der Waals surface area contributed by atoms with E-state index in [1.54, 1.807) is 12.1 Å². The summed E-state index contributed by atoms with van der Waals surface area (Å²) >= 11 is 3.29. The summed E-state index contributed by atoms with van der Waals surface area (Å²) in [5.41, 5.74) is 0. The highest BCUT2D eigenvalue weighted by Gasteiger charge is 2.04. The minimum atomic E-state index is -0.324. The molecule has 0 saturated carbocycles. The SMILES string of the molecule is CCCC(C)NCCOc1cc(Br)ccc1F.